The fraction of sp³-hybridized carbons (Fsp3) is 0.188. The lowest BCUT2D eigenvalue weighted by molar-refractivity contribution is 0.101. The van der Waals surface area contributed by atoms with Crippen molar-refractivity contribution < 1.29 is 17.6 Å². The third-order valence-corrected chi connectivity index (χ3v) is 4.34. The number of nitrogens with one attached hydrogen (secondary N) is 1. The van der Waals surface area contributed by atoms with Crippen molar-refractivity contribution in [3.63, 3.8) is 0 Å². The average molecular weight is 336 g/mol. The fourth-order valence-electron chi connectivity index (χ4n) is 2.28. The van der Waals surface area contributed by atoms with Crippen molar-refractivity contribution in [3.05, 3.63) is 59.4 Å². The van der Waals surface area contributed by atoms with Gasteiger partial charge in [0, 0.05) is 11.7 Å². The van der Waals surface area contributed by atoms with Crippen LogP contribution in [0.25, 0.3) is 0 Å². The molecule has 0 saturated carbocycles. The number of nitrogens with two attached hydrogens (primary N) is 1. The summed E-state index contributed by atoms with van der Waals surface area (Å²) in [6, 6.07) is 10.1. The molecule has 0 bridgehead atoms. The van der Waals surface area contributed by atoms with Crippen LogP contribution in [0, 0.1) is 5.82 Å². The lowest BCUT2D eigenvalue weighted by Gasteiger charge is -2.18. The molecule has 0 saturated heterocycles. The number of primary sulfonamides is 1. The molecule has 0 radical (unpaired) electrons. The Morgan fingerprint density at radius 1 is 1.22 bits per heavy atom. The number of Topliss-reactive ketones (excluding diaryl/α,β-unsaturated/α-hetero) is 1. The van der Waals surface area contributed by atoms with Gasteiger partial charge in [0.15, 0.2) is 5.78 Å². The standard InChI is InChI=1S/C16H17FN2O3S/c1-10(12-5-3-6-13(9-12)23(18,21)22)19-15-8-4-7-14(17)16(15)11(2)20/h3-10,19H,1-2H3,(H2,18,21,22)/t10-/m0/s1. The van der Waals surface area contributed by atoms with Gasteiger partial charge in [-0.2, -0.15) is 0 Å². The zero-order chi connectivity index (χ0) is 17.2. The van der Waals surface area contributed by atoms with Crippen molar-refractivity contribution in [1.82, 2.24) is 0 Å². The van der Waals surface area contributed by atoms with Crippen molar-refractivity contribution in [2.75, 3.05) is 5.32 Å². The number of hydrogen-bond acceptors (Lipinski definition) is 4. The van der Waals surface area contributed by atoms with E-state index in [1.807, 2.05) is 0 Å². The van der Waals surface area contributed by atoms with E-state index in [1.54, 1.807) is 25.1 Å². The van der Waals surface area contributed by atoms with Gasteiger partial charge in [0.2, 0.25) is 10.0 Å². The van der Waals surface area contributed by atoms with Crippen LogP contribution in [0.5, 0.6) is 0 Å². The summed E-state index contributed by atoms with van der Waals surface area (Å²) < 4.78 is 36.7. The number of carbonyl (C=O) groups excluding carboxylic acids is 1. The van der Waals surface area contributed by atoms with Crippen LogP contribution in [0.4, 0.5) is 10.1 Å². The molecule has 2 aromatic carbocycles. The first-order valence-corrected chi connectivity index (χ1v) is 8.43. The van der Waals surface area contributed by atoms with Crippen LogP contribution in [-0.4, -0.2) is 14.2 Å². The number of halogens is 1. The molecule has 0 aliphatic carbocycles. The van der Waals surface area contributed by atoms with E-state index < -0.39 is 21.6 Å². The van der Waals surface area contributed by atoms with E-state index >= 15 is 0 Å². The molecule has 7 heteroatoms. The normalized spacial score (nSPS) is 12.7. The zero-order valence-corrected chi connectivity index (χ0v) is 13.5. The lowest BCUT2D eigenvalue weighted by atomic mass is 10.1. The summed E-state index contributed by atoms with van der Waals surface area (Å²) >= 11 is 0. The molecule has 0 aliphatic heterocycles. The van der Waals surface area contributed by atoms with E-state index in [4.69, 9.17) is 5.14 Å². The number of benzene rings is 2. The molecule has 122 valence electrons. The van der Waals surface area contributed by atoms with Gasteiger partial charge in [0.1, 0.15) is 5.82 Å². The molecule has 0 aromatic heterocycles. The maximum Gasteiger partial charge on any atom is 0.238 e. The Morgan fingerprint density at radius 2 is 1.87 bits per heavy atom. The fourth-order valence-corrected chi connectivity index (χ4v) is 2.85. The molecule has 2 rings (SSSR count). The Balaban J connectivity index is 2.36. The Hall–Kier alpha value is -2.25. The van der Waals surface area contributed by atoms with E-state index in [-0.39, 0.29) is 16.5 Å². The predicted octanol–water partition coefficient (Wildman–Crippen LogP) is 2.85. The zero-order valence-electron chi connectivity index (χ0n) is 12.7. The molecule has 0 unspecified atom stereocenters. The van der Waals surface area contributed by atoms with E-state index in [1.165, 1.54) is 31.2 Å². The van der Waals surface area contributed by atoms with Crippen molar-refractivity contribution in [2.24, 2.45) is 5.14 Å². The van der Waals surface area contributed by atoms with Gasteiger partial charge >= 0.3 is 0 Å². The summed E-state index contributed by atoms with van der Waals surface area (Å²) in [4.78, 5) is 11.6. The predicted molar refractivity (Wildman–Crippen MR) is 86.3 cm³/mol. The molecule has 0 fully saturated rings. The Morgan fingerprint density at radius 3 is 2.48 bits per heavy atom. The molecule has 23 heavy (non-hydrogen) atoms. The summed E-state index contributed by atoms with van der Waals surface area (Å²) in [5, 5.41) is 8.15. The first-order chi connectivity index (χ1) is 10.7. The van der Waals surface area contributed by atoms with Gasteiger partial charge in [-0.3, -0.25) is 4.79 Å². The lowest BCUT2D eigenvalue weighted by Crippen LogP contribution is -2.14. The number of carbonyl (C=O) groups is 1. The van der Waals surface area contributed by atoms with Gasteiger partial charge in [-0.15, -0.1) is 0 Å². The van der Waals surface area contributed by atoms with Crippen molar-refractivity contribution >= 4 is 21.5 Å². The Labute approximate surface area is 134 Å². The third kappa shape index (κ3) is 3.94. The minimum atomic E-state index is -3.80. The Bertz CT molecular complexity index is 850. The minimum Gasteiger partial charge on any atom is -0.378 e. The monoisotopic (exact) mass is 336 g/mol. The van der Waals surface area contributed by atoms with Gasteiger partial charge in [0.05, 0.1) is 10.5 Å². The van der Waals surface area contributed by atoms with E-state index in [2.05, 4.69) is 5.32 Å². The number of rotatable bonds is 5. The molecule has 5 nitrogen and oxygen atoms in total. The van der Waals surface area contributed by atoms with Crippen LogP contribution in [0.2, 0.25) is 0 Å². The quantitative estimate of drug-likeness (QED) is 0.822. The number of hydrogen-bond donors (Lipinski definition) is 2. The molecule has 2 aromatic rings. The SMILES string of the molecule is CC(=O)c1c(F)cccc1N[C@@H](C)c1cccc(S(N)(=O)=O)c1. The van der Waals surface area contributed by atoms with E-state index in [0.29, 0.717) is 11.3 Å². The summed E-state index contributed by atoms with van der Waals surface area (Å²) in [6.07, 6.45) is 0. The van der Waals surface area contributed by atoms with Crippen molar-refractivity contribution in [1.29, 1.82) is 0 Å². The highest BCUT2D eigenvalue weighted by Gasteiger charge is 2.16. The van der Waals surface area contributed by atoms with E-state index in [0.717, 1.165) is 0 Å². The second kappa shape index (κ2) is 6.47. The van der Waals surface area contributed by atoms with Crippen LogP contribution in [0.1, 0.15) is 35.8 Å². The van der Waals surface area contributed by atoms with Crippen molar-refractivity contribution in [3.8, 4) is 0 Å². The minimum absolute atomic E-state index is 0.00492. The van der Waals surface area contributed by atoms with Crippen LogP contribution in [-0.2, 0) is 10.0 Å². The van der Waals surface area contributed by atoms with Crippen LogP contribution >= 0.6 is 0 Å². The molecule has 0 heterocycles. The molecular formula is C16H17FN2O3S. The molecule has 1 atom stereocenters. The second-order valence-electron chi connectivity index (χ2n) is 5.20. The topological polar surface area (TPSA) is 89.3 Å². The molecule has 3 N–H and O–H groups in total. The smallest absolute Gasteiger partial charge is 0.238 e. The van der Waals surface area contributed by atoms with Gasteiger partial charge in [-0.25, -0.2) is 17.9 Å². The van der Waals surface area contributed by atoms with Crippen molar-refractivity contribution in [2.45, 2.75) is 24.8 Å². The van der Waals surface area contributed by atoms with Crippen LogP contribution < -0.4 is 10.5 Å². The van der Waals surface area contributed by atoms with Gasteiger partial charge < -0.3 is 5.32 Å². The number of ketones is 1. The van der Waals surface area contributed by atoms with Crippen LogP contribution in [0.15, 0.2) is 47.4 Å². The largest absolute Gasteiger partial charge is 0.378 e. The Kier molecular flexibility index (Phi) is 4.82. The maximum atomic E-state index is 13.8. The average Bonchev–Trinajstić information content (AvgIpc) is 2.46. The molecule has 0 amide bonds. The van der Waals surface area contributed by atoms with E-state index in [9.17, 15) is 17.6 Å². The maximum absolute atomic E-state index is 13.8. The first kappa shape index (κ1) is 17.1. The van der Waals surface area contributed by atoms with Gasteiger partial charge in [-0.05, 0) is 43.7 Å². The highest BCUT2D eigenvalue weighted by Crippen LogP contribution is 2.25. The summed E-state index contributed by atoms with van der Waals surface area (Å²) in [7, 11) is -3.80. The van der Waals surface area contributed by atoms with Gasteiger partial charge in [0.25, 0.3) is 0 Å². The molecular weight excluding hydrogens is 319 g/mol. The number of anilines is 1. The summed E-state index contributed by atoms with van der Waals surface area (Å²) in [6.45, 7) is 3.06. The third-order valence-electron chi connectivity index (χ3n) is 3.42. The summed E-state index contributed by atoms with van der Waals surface area (Å²) in [5.74, 6) is -0.996. The first-order valence-electron chi connectivity index (χ1n) is 6.89. The summed E-state index contributed by atoms with van der Waals surface area (Å²) in [5.41, 5.74) is 0.975. The molecule has 0 aliphatic rings. The molecule has 0 spiro atoms. The van der Waals surface area contributed by atoms with Gasteiger partial charge in [-0.1, -0.05) is 18.2 Å². The second-order valence-corrected chi connectivity index (χ2v) is 6.76. The number of sulfonamides is 1. The highest BCUT2D eigenvalue weighted by atomic mass is 32.2. The highest BCUT2D eigenvalue weighted by molar-refractivity contribution is 7.89. The van der Waals surface area contributed by atoms with Crippen LogP contribution in [0.3, 0.4) is 0 Å².